The van der Waals surface area contributed by atoms with E-state index in [1.165, 1.54) is 41.9 Å². The Labute approximate surface area is 281 Å². The van der Waals surface area contributed by atoms with E-state index < -0.39 is 0 Å². The highest BCUT2D eigenvalue weighted by atomic mass is 32.1. The minimum atomic E-state index is -0.268. The highest BCUT2D eigenvalue weighted by Crippen LogP contribution is 2.47. The van der Waals surface area contributed by atoms with E-state index in [4.69, 9.17) is 9.73 Å². The largest absolute Gasteiger partial charge is 0.464 e. The molecule has 10 rings (SSSR count). The minimum absolute atomic E-state index is 0.0862. The molecular formula is C43H29N3OS. The van der Waals surface area contributed by atoms with Crippen molar-refractivity contribution in [1.29, 1.82) is 0 Å². The summed E-state index contributed by atoms with van der Waals surface area (Å²) in [5.74, 6) is 1.74. The Balaban J connectivity index is 1.05. The lowest BCUT2D eigenvalue weighted by atomic mass is 9.97. The molecule has 2 aliphatic rings. The van der Waals surface area contributed by atoms with Crippen molar-refractivity contribution in [1.82, 2.24) is 5.32 Å². The molecule has 1 aromatic heterocycles. The normalized spacial score (nSPS) is 17.1. The van der Waals surface area contributed by atoms with Crippen molar-refractivity contribution in [2.24, 2.45) is 4.99 Å². The maximum Gasteiger partial charge on any atom is 0.198 e. The van der Waals surface area contributed by atoms with Gasteiger partial charge in [-0.05, 0) is 51.6 Å². The number of anilines is 1. The van der Waals surface area contributed by atoms with Crippen LogP contribution < -0.4 is 15.4 Å². The summed E-state index contributed by atoms with van der Waals surface area (Å²) in [5, 5.41) is 14.7. The number of fused-ring (bicyclic) bond motifs is 8. The summed E-state index contributed by atoms with van der Waals surface area (Å²) in [4.78, 5) is 5.21. The summed E-state index contributed by atoms with van der Waals surface area (Å²) in [6.07, 6.45) is 1.95. The second kappa shape index (κ2) is 10.8. The second-order valence-corrected chi connectivity index (χ2v) is 13.5. The van der Waals surface area contributed by atoms with Crippen LogP contribution in [-0.4, -0.2) is 5.84 Å². The Morgan fingerprint density at radius 3 is 2.29 bits per heavy atom. The van der Waals surface area contributed by atoms with Gasteiger partial charge in [-0.3, -0.25) is 4.99 Å². The van der Waals surface area contributed by atoms with Crippen LogP contribution in [0, 0.1) is 0 Å². The van der Waals surface area contributed by atoms with Gasteiger partial charge in [0, 0.05) is 42.4 Å². The third-order valence-electron chi connectivity index (χ3n) is 9.55. The quantitative estimate of drug-likeness (QED) is 0.189. The summed E-state index contributed by atoms with van der Waals surface area (Å²) >= 11 is 1.83. The summed E-state index contributed by atoms with van der Waals surface area (Å²) in [6, 6.07) is 51.4. The minimum Gasteiger partial charge on any atom is -0.464 e. The number of benzene rings is 7. The van der Waals surface area contributed by atoms with Crippen molar-refractivity contribution in [3.63, 3.8) is 0 Å². The number of hydrogen-bond donors (Lipinski definition) is 2. The van der Waals surface area contributed by atoms with E-state index in [1.807, 2.05) is 23.5 Å². The molecule has 0 radical (unpaired) electrons. The third-order valence-corrected chi connectivity index (χ3v) is 10.8. The molecule has 2 N–H and O–H groups in total. The zero-order chi connectivity index (χ0) is 31.6. The third kappa shape index (κ3) is 4.39. The van der Waals surface area contributed by atoms with E-state index in [9.17, 15) is 0 Å². The summed E-state index contributed by atoms with van der Waals surface area (Å²) in [5.41, 5.74) is 6.62. The lowest BCUT2D eigenvalue weighted by Crippen LogP contribution is -2.27. The highest BCUT2D eigenvalue weighted by Gasteiger charge is 2.28. The van der Waals surface area contributed by atoms with Crippen LogP contribution in [0.4, 0.5) is 5.69 Å². The molecule has 5 heteroatoms. The van der Waals surface area contributed by atoms with Crippen LogP contribution >= 0.6 is 11.3 Å². The predicted molar refractivity (Wildman–Crippen MR) is 201 cm³/mol. The maximum atomic E-state index is 6.64. The Morgan fingerprint density at radius 1 is 0.625 bits per heavy atom. The first-order valence-corrected chi connectivity index (χ1v) is 17.1. The molecule has 7 aromatic carbocycles. The number of aliphatic imine (C=N–C) groups is 1. The van der Waals surface area contributed by atoms with E-state index in [-0.39, 0.29) is 12.3 Å². The van der Waals surface area contributed by atoms with Crippen molar-refractivity contribution in [2.75, 3.05) is 5.32 Å². The molecule has 0 bridgehead atoms. The molecule has 0 aliphatic carbocycles. The lowest BCUT2D eigenvalue weighted by Gasteiger charge is -2.23. The molecule has 2 unspecified atom stereocenters. The zero-order valence-electron chi connectivity index (χ0n) is 25.9. The first kappa shape index (κ1) is 27.2. The molecule has 2 atom stereocenters. The Hall–Kier alpha value is -5.91. The van der Waals surface area contributed by atoms with Gasteiger partial charge in [0.05, 0.1) is 11.7 Å². The summed E-state index contributed by atoms with van der Waals surface area (Å²) in [6.45, 7) is 0. The Morgan fingerprint density at radius 2 is 1.40 bits per heavy atom. The van der Waals surface area contributed by atoms with Crippen LogP contribution in [0.3, 0.4) is 0 Å². The van der Waals surface area contributed by atoms with Crippen molar-refractivity contribution < 1.29 is 4.74 Å². The van der Waals surface area contributed by atoms with E-state index in [2.05, 4.69) is 150 Å². The van der Waals surface area contributed by atoms with Crippen molar-refractivity contribution in [3.05, 3.63) is 174 Å². The fraction of sp³-hybridized carbons (Fsp3) is 0.0465. The molecular weight excluding hydrogens is 607 g/mol. The number of nitrogens with one attached hydrogen (secondary N) is 2. The Kier molecular flexibility index (Phi) is 6.14. The van der Waals surface area contributed by atoms with Gasteiger partial charge in [-0.15, -0.1) is 11.3 Å². The standard InChI is InChI=1S/C43H29N3OS/c1-3-10-26(11-4-1)35-25-36(27-12-5-2-6-13-27)45-42(44-35)30-20-22-31-29(24-30)19-18-28-21-23-37-40(39(28)31)46-43(47-37)34-16-9-15-33-32-14-7-8-17-38(32)48-41(33)34/h1-25,35,43,46H,(H,44,45). The smallest absolute Gasteiger partial charge is 0.198 e. The molecule has 0 fully saturated rings. The van der Waals surface area contributed by atoms with Gasteiger partial charge in [-0.2, -0.15) is 0 Å². The molecule has 2 aliphatic heterocycles. The van der Waals surface area contributed by atoms with Crippen LogP contribution in [0.25, 0.3) is 47.4 Å². The molecule has 0 spiro atoms. The second-order valence-electron chi connectivity index (χ2n) is 12.4. The van der Waals surface area contributed by atoms with Crippen LogP contribution in [0.5, 0.6) is 5.75 Å². The number of nitrogens with zero attached hydrogens (tertiary/aromatic N) is 1. The average Bonchev–Trinajstić information content (AvgIpc) is 3.77. The van der Waals surface area contributed by atoms with Crippen LogP contribution in [-0.2, 0) is 0 Å². The molecule has 228 valence electrons. The van der Waals surface area contributed by atoms with Crippen molar-refractivity contribution >= 4 is 70.3 Å². The van der Waals surface area contributed by atoms with E-state index in [0.717, 1.165) is 45.0 Å². The van der Waals surface area contributed by atoms with Crippen LogP contribution in [0.2, 0.25) is 0 Å². The van der Waals surface area contributed by atoms with Gasteiger partial charge >= 0.3 is 0 Å². The molecule has 4 nitrogen and oxygen atoms in total. The van der Waals surface area contributed by atoms with Crippen LogP contribution in [0.15, 0.2) is 157 Å². The molecule has 0 amide bonds. The van der Waals surface area contributed by atoms with Gasteiger partial charge in [0.2, 0.25) is 0 Å². The number of thiophene rings is 1. The summed E-state index contributed by atoms with van der Waals surface area (Å²) < 4.78 is 9.20. The van der Waals surface area contributed by atoms with E-state index in [1.54, 1.807) is 0 Å². The maximum absolute atomic E-state index is 6.64. The van der Waals surface area contributed by atoms with Crippen molar-refractivity contribution in [2.45, 2.75) is 12.3 Å². The zero-order valence-corrected chi connectivity index (χ0v) is 26.7. The molecule has 48 heavy (non-hydrogen) atoms. The highest BCUT2D eigenvalue weighted by molar-refractivity contribution is 7.26. The van der Waals surface area contributed by atoms with Gasteiger partial charge in [-0.1, -0.05) is 127 Å². The van der Waals surface area contributed by atoms with Gasteiger partial charge < -0.3 is 15.4 Å². The van der Waals surface area contributed by atoms with Gasteiger partial charge in [0.25, 0.3) is 0 Å². The first-order valence-electron chi connectivity index (χ1n) is 16.3. The van der Waals surface area contributed by atoms with Gasteiger partial charge in [-0.25, -0.2) is 0 Å². The number of rotatable bonds is 4. The van der Waals surface area contributed by atoms with Gasteiger partial charge in [0.15, 0.2) is 6.23 Å². The first-order chi connectivity index (χ1) is 23.8. The van der Waals surface area contributed by atoms with E-state index in [0.29, 0.717) is 0 Å². The number of amidine groups is 1. The summed E-state index contributed by atoms with van der Waals surface area (Å²) in [7, 11) is 0. The fourth-order valence-electron chi connectivity index (χ4n) is 7.22. The average molecular weight is 636 g/mol. The molecule has 0 saturated heterocycles. The number of ether oxygens (including phenoxy) is 1. The lowest BCUT2D eigenvalue weighted by molar-refractivity contribution is 0.261. The van der Waals surface area contributed by atoms with Crippen molar-refractivity contribution in [3.8, 4) is 5.75 Å². The van der Waals surface area contributed by atoms with Gasteiger partial charge in [0.1, 0.15) is 11.6 Å². The van der Waals surface area contributed by atoms with Crippen LogP contribution in [0.1, 0.15) is 34.5 Å². The molecule has 8 aromatic rings. The molecule has 0 saturated carbocycles. The molecule has 3 heterocycles. The van der Waals surface area contributed by atoms with E-state index >= 15 is 0 Å². The SMILES string of the molecule is C1=C(c2ccccc2)NC(c2ccc3c(ccc4ccc5c(c43)NC(c3cccc4c3sc3ccccc34)O5)c2)=NC1c1ccccc1. The fourth-order valence-corrected chi connectivity index (χ4v) is 8.45. The Bertz CT molecular complexity index is 2610. The topological polar surface area (TPSA) is 45.6 Å². The number of hydrogen-bond acceptors (Lipinski definition) is 5. The predicted octanol–water partition coefficient (Wildman–Crippen LogP) is 11.0. The monoisotopic (exact) mass is 635 g/mol.